The lowest BCUT2D eigenvalue weighted by molar-refractivity contribution is 0.262. The molecule has 1 aliphatic heterocycles. The van der Waals surface area contributed by atoms with Gasteiger partial charge in [-0.25, -0.2) is 0 Å². The average Bonchev–Trinajstić information content (AvgIpc) is 3.04. The third-order valence-corrected chi connectivity index (χ3v) is 5.16. The first-order chi connectivity index (χ1) is 9.18. The maximum absolute atomic E-state index is 3.84. The van der Waals surface area contributed by atoms with Crippen LogP contribution in [0.5, 0.6) is 0 Å². The Morgan fingerprint density at radius 3 is 2.74 bits per heavy atom. The van der Waals surface area contributed by atoms with Crippen molar-refractivity contribution in [2.24, 2.45) is 5.92 Å². The monoisotopic (exact) mass is 267 g/mol. The van der Waals surface area contributed by atoms with E-state index in [-0.39, 0.29) is 0 Å². The highest BCUT2D eigenvalue weighted by atomic mass is 15.1. The molecule has 1 saturated carbocycles. The van der Waals surface area contributed by atoms with Gasteiger partial charge >= 0.3 is 0 Å². The van der Waals surface area contributed by atoms with Gasteiger partial charge in [-0.05, 0) is 78.6 Å². The van der Waals surface area contributed by atoms with Crippen LogP contribution in [0.15, 0.2) is 0 Å². The van der Waals surface area contributed by atoms with E-state index in [0.29, 0.717) is 6.04 Å². The number of hydrogen-bond acceptors (Lipinski definition) is 3. The van der Waals surface area contributed by atoms with Crippen LogP contribution in [0.2, 0.25) is 0 Å². The summed E-state index contributed by atoms with van der Waals surface area (Å²) in [6, 6.07) is 2.25. The second-order valence-electron chi connectivity index (χ2n) is 6.79. The Morgan fingerprint density at radius 2 is 2.05 bits per heavy atom. The zero-order valence-corrected chi connectivity index (χ0v) is 13.1. The van der Waals surface area contributed by atoms with Crippen molar-refractivity contribution in [3.8, 4) is 0 Å². The molecule has 0 amide bonds. The van der Waals surface area contributed by atoms with Crippen LogP contribution in [0.1, 0.15) is 52.4 Å². The van der Waals surface area contributed by atoms with Gasteiger partial charge in [0, 0.05) is 18.1 Å². The van der Waals surface area contributed by atoms with Gasteiger partial charge in [-0.1, -0.05) is 6.42 Å². The number of hydrogen-bond donors (Lipinski definition) is 2. The van der Waals surface area contributed by atoms with E-state index in [0.717, 1.165) is 18.0 Å². The number of nitrogens with one attached hydrogen (secondary N) is 2. The molecule has 0 aromatic rings. The molecule has 3 nitrogen and oxygen atoms in total. The Balaban J connectivity index is 1.64. The summed E-state index contributed by atoms with van der Waals surface area (Å²) >= 11 is 0. The molecule has 112 valence electrons. The molecule has 0 aromatic heterocycles. The van der Waals surface area contributed by atoms with Crippen molar-refractivity contribution >= 4 is 0 Å². The van der Waals surface area contributed by atoms with E-state index >= 15 is 0 Å². The van der Waals surface area contributed by atoms with Crippen molar-refractivity contribution in [2.75, 3.05) is 26.7 Å². The van der Waals surface area contributed by atoms with E-state index < -0.39 is 0 Å². The molecule has 2 rings (SSSR count). The minimum absolute atomic E-state index is 0.668. The topological polar surface area (TPSA) is 27.3 Å². The van der Waals surface area contributed by atoms with Crippen LogP contribution in [0.25, 0.3) is 0 Å². The van der Waals surface area contributed by atoms with E-state index in [1.165, 1.54) is 58.2 Å². The van der Waals surface area contributed by atoms with Gasteiger partial charge in [-0.3, -0.25) is 0 Å². The van der Waals surface area contributed by atoms with Gasteiger partial charge in [0.25, 0.3) is 0 Å². The third kappa shape index (κ3) is 4.44. The third-order valence-electron chi connectivity index (χ3n) is 5.16. The molecular formula is C16H33N3. The molecule has 1 saturated heterocycles. The molecule has 1 heterocycles. The van der Waals surface area contributed by atoms with Gasteiger partial charge in [0.2, 0.25) is 0 Å². The lowest BCUT2D eigenvalue weighted by Crippen LogP contribution is -2.42. The van der Waals surface area contributed by atoms with E-state index in [4.69, 9.17) is 0 Å². The Morgan fingerprint density at radius 1 is 1.21 bits per heavy atom. The lowest BCUT2D eigenvalue weighted by atomic mass is 9.93. The summed E-state index contributed by atoms with van der Waals surface area (Å²) in [5, 5.41) is 7.54. The minimum atomic E-state index is 0.668. The van der Waals surface area contributed by atoms with E-state index in [9.17, 15) is 0 Å². The van der Waals surface area contributed by atoms with Crippen molar-refractivity contribution in [3.05, 3.63) is 0 Å². The molecule has 0 bridgehead atoms. The fraction of sp³-hybridized carbons (Fsp3) is 1.00. The Labute approximate surface area is 119 Å². The largest absolute Gasteiger partial charge is 0.314 e. The average molecular weight is 267 g/mol. The summed E-state index contributed by atoms with van der Waals surface area (Å²) in [5.41, 5.74) is 0. The van der Waals surface area contributed by atoms with Crippen molar-refractivity contribution in [2.45, 2.75) is 70.5 Å². The van der Waals surface area contributed by atoms with Crippen LogP contribution in [0.3, 0.4) is 0 Å². The SMILES string of the molecule is CC(C)N(C)CCCNC1CCCC1C1CCCN1. The maximum atomic E-state index is 3.84. The summed E-state index contributed by atoms with van der Waals surface area (Å²) in [6.07, 6.45) is 8.30. The van der Waals surface area contributed by atoms with Gasteiger partial charge < -0.3 is 15.5 Å². The van der Waals surface area contributed by atoms with Crippen LogP contribution >= 0.6 is 0 Å². The van der Waals surface area contributed by atoms with Crippen molar-refractivity contribution < 1.29 is 0 Å². The zero-order chi connectivity index (χ0) is 13.7. The van der Waals surface area contributed by atoms with Crippen molar-refractivity contribution in [1.29, 1.82) is 0 Å². The normalized spacial score (nSPS) is 31.7. The quantitative estimate of drug-likeness (QED) is 0.693. The van der Waals surface area contributed by atoms with Crippen LogP contribution in [0.4, 0.5) is 0 Å². The summed E-state index contributed by atoms with van der Waals surface area (Å²) in [6.45, 7) is 8.18. The molecule has 3 unspecified atom stereocenters. The first-order valence-electron chi connectivity index (χ1n) is 8.35. The van der Waals surface area contributed by atoms with Crippen LogP contribution < -0.4 is 10.6 Å². The summed E-state index contributed by atoms with van der Waals surface area (Å²) in [4.78, 5) is 2.44. The van der Waals surface area contributed by atoms with Crippen molar-refractivity contribution in [3.63, 3.8) is 0 Å². The summed E-state index contributed by atoms with van der Waals surface area (Å²) < 4.78 is 0. The highest BCUT2D eigenvalue weighted by molar-refractivity contribution is 4.93. The first-order valence-corrected chi connectivity index (χ1v) is 8.35. The molecule has 0 aromatic carbocycles. The lowest BCUT2D eigenvalue weighted by Gasteiger charge is -2.27. The Bertz CT molecular complexity index is 248. The molecular weight excluding hydrogens is 234 g/mol. The molecule has 2 aliphatic rings. The summed E-state index contributed by atoms with van der Waals surface area (Å²) in [7, 11) is 2.23. The molecule has 2 N–H and O–H groups in total. The minimum Gasteiger partial charge on any atom is -0.314 e. The van der Waals surface area contributed by atoms with E-state index in [1.807, 2.05) is 0 Å². The van der Waals surface area contributed by atoms with Crippen molar-refractivity contribution in [1.82, 2.24) is 15.5 Å². The molecule has 3 heteroatoms. The number of rotatable bonds is 7. The molecule has 1 aliphatic carbocycles. The summed E-state index contributed by atoms with van der Waals surface area (Å²) in [5.74, 6) is 0.894. The highest BCUT2D eigenvalue weighted by Crippen LogP contribution is 2.31. The zero-order valence-electron chi connectivity index (χ0n) is 13.1. The predicted octanol–water partition coefficient (Wildman–Crippen LogP) is 2.23. The first kappa shape index (κ1) is 15.3. The maximum Gasteiger partial charge on any atom is 0.0111 e. The Hall–Kier alpha value is -0.120. The molecule has 19 heavy (non-hydrogen) atoms. The fourth-order valence-electron chi connectivity index (χ4n) is 3.67. The highest BCUT2D eigenvalue weighted by Gasteiger charge is 2.34. The second kappa shape index (κ2) is 7.61. The second-order valence-corrected chi connectivity index (χ2v) is 6.79. The van der Waals surface area contributed by atoms with E-state index in [2.05, 4.69) is 36.4 Å². The van der Waals surface area contributed by atoms with Gasteiger partial charge in [0.15, 0.2) is 0 Å². The molecule has 3 atom stereocenters. The van der Waals surface area contributed by atoms with E-state index in [1.54, 1.807) is 0 Å². The smallest absolute Gasteiger partial charge is 0.0111 e. The van der Waals surface area contributed by atoms with Gasteiger partial charge in [-0.2, -0.15) is 0 Å². The van der Waals surface area contributed by atoms with Crippen LogP contribution in [0, 0.1) is 5.92 Å². The molecule has 0 radical (unpaired) electrons. The number of nitrogens with zero attached hydrogens (tertiary/aromatic N) is 1. The molecule has 2 fully saturated rings. The Kier molecular flexibility index (Phi) is 6.11. The predicted molar refractivity (Wildman–Crippen MR) is 82.5 cm³/mol. The van der Waals surface area contributed by atoms with Crippen LogP contribution in [-0.2, 0) is 0 Å². The fourth-order valence-corrected chi connectivity index (χ4v) is 3.67. The van der Waals surface area contributed by atoms with Gasteiger partial charge in [0.1, 0.15) is 0 Å². The van der Waals surface area contributed by atoms with Gasteiger partial charge in [-0.15, -0.1) is 0 Å². The van der Waals surface area contributed by atoms with Gasteiger partial charge in [0.05, 0.1) is 0 Å². The molecule has 0 spiro atoms. The van der Waals surface area contributed by atoms with Crippen LogP contribution in [-0.4, -0.2) is 49.7 Å². The standard InChI is InChI=1S/C16H33N3/c1-13(2)19(3)12-6-11-18-15-8-4-7-14(15)16-9-5-10-17-16/h13-18H,4-12H2,1-3H3.